The number of likely N-dealkylation sites (tertiary alicyclic amines) is 1. The third kappa shape index (κ3) is 2.49. The summed E-state index contributed by atoms with van der Waals surface area (Å²) in [5.74, 6) is -0.359. The van der Waals surface area contributed by atoms with E-state index in [0.717, 1.165) is 19.4 Å². The molecule has 1 fully saturated rings. The van der Waals surface area contributed by atoms with E-state index in [0.29, 0.717) is 11.8 Å². The van der Waals surface area contributed by atoms with Crippen LogP contribution in [-0.4, -0.2) is 33.7 Å². The van der Waals surface area contributed by atoms with Gasteiger partial charge in [-0.2, -0.15) is 0 Å². The Bertz CT molecular complexity index is 400. The number of carboxylic acid groups (broad SMARTS) is 1. The minimum atomic E-state index is -1.04. The maximum absolute atomic E-state index is 10.8. The molecule has 1 aliphatic rings. The lowest BCUT2D eigenvalue weighted by molar-refractivity contribution is 0.0683. The van der Waals surface area contributed by atoms with Gasteiger partial charge in [0.25, 0.3) is 0 Å². The standard InChI is InChI=1S/C12H18N2O3/c1-8(2)14-6-4-3-5-10(14)11-7-9(12(15)16)13-17-11/h7-8,10H,3-6H2,1-2H3,(H,15,16). The van der Waals surface area contributed by atoms with Gasteiger partial charge in [-0.3, -0.25) is 4.90 Å². The lowest BCUT2D eigenvalue weighted by Gasteiger charge is -2.37. The van der Waals surface area contributed by atoms with Gasteiger partial charge < -0.3 is 9.63 Å². The van der Waals surface area contributed by atoms with E-state index in [9.17, 15) is 4.79 Å². The fourth-order valence-electron chi connectivity index (χ4n) is 2.42. The van der Waals surface area contributed by atoms with Crippen molar-refractivity contribution < 1.29 is 14.4 Å². The van der Waals surface area contributed by atoms with Crippen molar-refractivity contribution in [3.8, 4) is 0 Å². The predicted molar refractivity (Wildman–Crippen MR) is 61.9 cm³/mol. The largest absolute Gasteiger partial charge is 0.476 e. The topological polar surface area (TPSA) is 66.6 Å². The summed E-state index contributed by atoms with van der Waals surface area (Å²) in [4.78, 5) is 13.1. The molecule has 2 rings (SSSR count). The van der Waals surface area contributed by atoms with Gasteiger partial charge in [-0.15, -0.1) is 0 Å². The molecule has 1 saturated heterocycles. The number of carbonyl (C=O) groups is 1. The minimum Gasteiger partial charge on any atom is -0.476 e. The second kappa shape index (κ2) is 4.87. The van der Waals surface area contributed by atoms with Crippen LogP contribution in [0.5, 0.6) is 0 Å². The lowest BCUT2D eigenvalue weighted by atomic mass is 9.98. The number of aromatic nitrogens is 1. The van der Waals surface area contributed by atoms with Crippen LogP contribution in [0.2, 0.25) is 0 Å². The first-order valence-corrected chi connectivity index (χ1v) is 6.05. The first-order chi connectivity index (χ1) is 8.09. The summed E-state index contributed by atoms with van der Waals surface area (Å²) in [7, 11) is 0. The van der Waals surface area contributed by atoms with Crippen LogP contribution >= 0.6 is 0 Å². The zero-order valence-electron chi connectivity index (χ0n) is 10.2. The average Bonchev–Trinajstić information content (AvgIpc) is 2.78. The molecule has 5 nitrogen and oxygen atoms in total. The molecule has 17 heavy (non-hydrogen) atoms. The van der Waals surface area contributed by atoms with Gasteiger partial charge in [0.2, 0.25) is 0 Å². The fourth-order valence-corrected chi connectivity index (χ4v) is 2.42. The molecule has 1 aromatic rings. The highest BCUT2D eigenvalue weighted by molar-refractivity contribution is 5.85. The van der Waals surface area contributed by atoms with Crippen LogP contribution in [0.1, 0.15) is 55.4 Å². The first kappa shape index (κ1) is 12.1. The minimum absolute atomic E-state index is 0.00530. The van der Waals surface area contributed by atoms with Gasteiger partial charge >= 0.3 is 5.97 Å². The van der Waals surface area contributed by atoms with Crippen molar-refractivity contribution in [3.05, 3.63) is 17.5 Å². The van der Waals surface area contributed by atoms with E-state index in [1.165, 1.54) is 6.42 Å². The zero-order valence-corrected chi connectivity index (χ0v) is 10.2. The number of hydrogen-bond acceptors (Lipinski definition) is 4. The molecule has 1 aliphatic heterocycles. The van der Waals surface area contributed by atoms with Gasteiger partial charge in [0, 0.05) is 12.1 Å². The number of nitrogens with zero attached hydrogens (tertiary/aromatic N) is 2. The lowest BCUT2D eigenvalue weighted by Crippen LogP contribution is -2.38. The van der Waals surface area contributed by atoms with Gasteiger partial charge in [0.15, 0.2) is 11.5 Å². The summed E-state index contributed by atoms with van der Waals surface area (Å²) in [6.07, 6.45) is 3.35. The normalized spacial score (nSPS) is 21.9. The second-order valence-electron chi connectivity index (χ2n) is 4.76. The number of carboxylic acids is 1. The van der Waals surface area contributed by atoms with E-state index < -0.39 is 5.97 Å². The van der Waals surface area contributed by atoms with E-state index >= 15 is 0 Å². The van der Waals surface area contributed by atoms with E-state index in [-0.39, 0.29) is 11.7 Å². The highest BCUT2D eigenvalue weighted by Gasteiger charge is 2.29. The van der Waals surface area contributed by atoms with Crippen LogP contribution in [0, 0.1) is 0 Å². The zero-order chi connectivity index (χ0) is 12.4. The predicted octanol–water partition coefficient (Wildman–Crippen LogP) is 2.31. The van der Waals surface area contributed by atoms with Crippen molar-refractivity contribution in [3.63, 3.8) is 0 Å². The molecule has 0 aliphatic carbocycles. The molecule has 1 N–H and O–H groups in total. The van der Waals surface area contributed by atoms with Crippen molar-refractivity contribution in [2.24, 2.45) is 0 Å². The third-order valence-corrected chi connectivity index (χ3v) is 3.28. The summed E-state index contributed by atoms with van der Waals surface area (Å²) in [5, 5.41) is 12.4. The summed E-state index contributed by atoms with van der Waals surface area (Å²) in [5.41, 5.74) is -0.00530. The molecular formula is C12H18N2O3. The van der Waals surface area contributed by atoms with E-state index in [1.54, 1.807) is 6.07 Å². The van der Waals surface area contributed by atoms with Crippen molar-refractivity contribution in [2.75, 3.05) is 6.54 Å². The van der Waals surface area contributed by atoms with Crippen molar-refractivity contribution in [1.29, 1.82) is 0 Å². The Hall–Kier alpha value is -1.36. The van der Waals surface area contributed by atoms with Crippen LogP contribution in [0.4, 0.5) is 0 Å². The smallest absolute Gasteiger partial charge is 0.358 e. The Morgan fingerprint density at radius 3 is 2.94 bits per heavy atom. The number of piperidine rings is 1. The van der Waals surface area contributed by atoms with Crippen molar-refractivity contribution in [2.45, 2.75) is 45.2 Å². The number of aromatic carboxylic acids is 1. The van der Waals surface area contributed by atoms with Crippen LogP contribution in [0.25, 0.3) is 0 Å². The van der Waals surface area contributed by atoms with Gasteiger partial charge in [0.05, 0.1) is 6.04 Å². The Balaban J connectivity index is 2.20. The summed E-state index contributed by atoms with van der Waals surface area (Å²) in [6.45, 7) is 5.32. The van der Waals surface area contributed by atoms with Crippen LogP contribution < -0.4 is 0 Å². The quantitative estimate of drug-likeness (QED) is 0.875. The Morgan fingerprint density at radius 2 is 2.35 bits per heavy atom. The number of rotatable bonds is 3. The van der Waals surface area contributed by atoms with Gasteiger partial charge in [-0.05, 0) is 33.2 Å². The van der Waals surface area contributed by atoms with E-state index in [1.807, 2.05) is 0 Å². The molecule has 0 bridgehead atoms. The van der Waals surface area contributed by atoms with Crippen molar-refractivity contribution >= 4 is 5.97 Å². The maximum atomic E-state index is 10.8. The maximum Gasteiger partial charge on any atom is 0.358 e. The summed E-state index contributed by atoms with van der Waals surface area (Å²) < 4.78 is 5.17. The van der Waals surface area contributed by atoms with Crippen LogP contribution in [0.3, 0.4) is 0 Å². The molecule has 2 heterocycles. The van der Waals surface area contributed by atoms with Gasteiger partial charge in [-0.25, -0.2) is 4.79 Å². The monoisotopic (exact) mass is 238 g/mol. The molecule has 0 radical (unpaired) electrons. The Kier molecular flexibility index (Phi) is 3.47. The molecule has 0 spiro atoms. The Labute approximate surface area is 100 Å². The number of hydrogen-bond donors (Lipinski definition) is 1. The van der Waals surface area contributed by atoms with E-state index in [2.05, 4.69) is 23.9 Å². The summed E-state index contributed by atoms with van der Waals surface area (Å²) >= 11 is 0. The third-order valence-electron chi connectivity index (χ3n) is 3.28. The molecule has 5 heteroatoms. The second-order valence-corrected chi connectivity index (χ2v) is 4.76. The fraction of sp³-hybridized carbons (Fsp3) is 0.667. The van der Waals surface area contributed by atoms with Crippen molar-refractivity contribution in [1.82, 2.24) is 10.1 Å². The average molecular weight is 238 g/mol. The first-order valence-electron chi connectivity index (χ1n) is 6.05. The van der Waals surface area contributed by atoms with Crippen LogP contribution in [0.15, 0.2) is 10.6 Å². The molecule has 1 atom stereocenters. The highest BCUT2D eigenvalue weighted by Crippen LogP contribution is 2.32. The molecule has 0 saturated carbocycles. The highest BCUT2D eigenvalue weighted by atomic mass is 16.5. The molecular weight excluding hydrogens is 220 g/mol. The summed E-state index contributed by atoms with van der Waals surface area (Å²) in [6, 6.07) is 2.15. The Morgan fingerprint density at radius 1 is 1.59 bits per heavy atom. The molecule has 0 amide bonds. The SMILES string of the molecule is CC(C)N1CCCCC1c1cc(C(=O)O)no1. The molecule has 0 aromatic carbocycles. The van der Waals surface area contributed by atoms with E-state index in [4.69, 9.17) is 9.63 Å². The van der Waals surface area contributed by atoms with Gasteiger partial charge in [0.1, 0.15) is 0 Å². The molecule has 94 valence electrons. The van der Waals surface area contributed by atoms with Crippen LogP contribution in [-0.2, 0) is 0 Å². The molecule has 1 unspecified atom stereocenters. The molecule has 1 aromatic heterocycles. The van der Waals surface area contributed by atoms with Gasteiger partial charge in [-0.1, -0.05) is 11.6 Å².